The summed E-state index contributed by atoms with van der Waals surface area (Å²) in [6.07, 6.45) is 0.0504. The smallest absolute Gasteiger partial charge is 0.323 e. The van der Waals surface area contributed by atoms with Gasteiger partial charge >= 0.3 is 11.9 Å². The maximum Gasteiger partial charge on any atom is 0.323 e. The third-order valence-electron chi connectivity index (χ3n) is 6.60. The molecule has 234 valence electrons. The van der Waals surface area contributed by atoms with Gasteiger partial charge in [0.1, 0.15) is 12.1 Å². The Hall–Kier alpha value is -3.02. The number of anilines is 2. The van der Waals surface area contributed by atoms with Crippen molar-refractivity contribution in [3.05, 3.63) is 48.5 Å². The molecule has 0 radical (unpaired) electrons. The van der Waals surface area contributed by atoms with Gasteiger partial charge in [-0.25, -0.2) is 9.80 Å². The van der Waals surface area contributed by atoms with Crippen LogP contribution in [0.1, 0.15) is 12.8 Å². The highest BCUT2D eigenvalue weighted by Gasteiger charge is 2.41. The lowest BCUT2D eigenvalue weighted by Crippen LogP contribution is -2.35. The second-order valence-corrected chi connectivity index (χ2v) is 14.3. The molecule has 0 aliphatic carbocycles. The van der Waals surface area contributed by atoms with Crippen molar-refractivity contribution < 1.29 is 38.2 Å². The molecule has 0 spiro atoms. The maximum atomic E-state index is 12.9. The summed E-state index contributed by atoms with van der Waals surface area (Å²) in [7, 11) is 5.40. The van der Waals surface area contributed by atoms with Crippen molar-refractivity contribution in [1.29, 1.82) is 0 Å². The fourth-order valence-electron chi connectivity index (χ4n) is 4.29. The van der Waals surface area contributed by atoms with Crippen LogP contribution >= 0.6 is 45.1 Å². The van der Waals surface area contributed by atoms with Crippen LogP contribution in [-0.4, -0.2) is 83.9 Å². The van der Waals surface area contributed by atoms with E-state index in [0.29, 0.717) is 11.4 Å². The Morgan fingerprint density at radius 3 is 1.36 bits per heavy atom. The van der Waals surface area contributed by atoms with Crippen LogP contribution in [0.25, 0.3) is 0 Å². The number of carbonyl (C=O) groups excluding carboxylic acids is 6. The average Bonchev–Trinajstić information content (AvgIpc) is 3.48. The molecule has 0 bridgehead atoms. The molecule has 2 heterocycles. The summed E-state index contributed by atoms with van der Waals surface area (Å²) < 4.78 is 9.20. The summed E-state index contributed by atoms with van der Waals surface area (Å²) in [5, 5.41) is -1.24. The number of nitrogens with two attached hydrogens (primary N) is 2. The summed E-state index contributed by atoms with van der Waals surface area (Å²) in [5.41, 5.74) is 12.4. The van der Waals surface area contributed by atoms with E-state index in [1.807, 2.05) is 0 Å². The number of carbonyl (C=O) groups is 6. The molecule has 4 N–H and O–H groups in total. The molecular formula is C28H30N4O8S4. The van der Waals surface area contributed by atoms with E-state index in [1.165, 1.54) is 35.8 Å². The zero-order valence-electron chi connectivity index (χ0n) is 23.7. The Morgan fingerprint density at radius 2 is 1.05 bits per heavy atom. The van der Waals surface area contributed by atoms with Gasteiger partial charge in [0.25, 0.3) is 0 Å². The van der Waals surface area contributed by atoms with Gasteiger partial charge in [-0.2, -0.15) is 0 Å². The first-order chi connectivity index (χ1) is 21.0. The molecule has 2 saturated heterocycles. The highest BCUT2D eigenvalue weighted by atomic mass is 33.1. The number of nitrogens with zero attached hydrogens (tertiary/aromatic N) is 2. The van der Waals surface area contributed by atoms with Crippen molar-refractivity contribution in [2.24, 2.45) is 11.5 Å². The van der Waals surface area contributed by atoms with Crippen molar-refractivity contribution in [3.63, 3.8) is 0 Å². The summed E-state index contributed by atoms with van der Waals surface area (Å²) >= 11 is 2.32. The number of ether oxygens (including phenoxy) is 2. The lowest BCUT2D eigenvalue weighted by molar-refractivity contribution is -0.142. The molecule has 2 aromatic rings. The standard InChI is InChI=1S/C28H30N4O8S4/c1-39-27(37)19(29)13-41-21-11-23(33)31(25(21)35)15-3-7-17(8-4-15)43-44-18-9-5-16(6-10-18)32-24(34)12-22(26(32)36)42-14-20(30)28(38)40-2/h3-10,19-22H,11-14,29-30H2,1-2H3/t19-,20-,21?,22?/m0/s1. The summed E-state index contributed by atoms with van der Waals surface area (Å²) in [6.45, 7) is 0. The summed E-state index contributed by atoms with van der Waals surface area (Å²) in [5.74, 6) is -2.17. The second kappa shape index (κ2) is 15.3. The monoisotopic (exact) mass is 678 g/mol. The Balaban J connectivity index is 1.29. The molecule has 4 rings (SSSR count). The lowest BCUT2D eigenvalue weighted by Gasteiger charge is -2.16. The molecule has 0 saturated carbocycles. The Kier molecular flexibility index (Phi) is 11.8. The van der Waals surface area contributed by atoms with Crippen LogP contribution < -0.4 is 21.3 Å². The van der Waals surface area contributed by atoms with Gasteiger partial charge in [-0.15, -0.1) is 23.5 Å². The number of hydrogen-bond donors (Lipinski definition) is 2. The number of imide groups is 2. The molecule has 2 aliphatic rings. The van der Waals surface area contributed by atoms with E-state index in [4.69, 9.17) is 11.5 Å². The summed E-state index contributed by atoms with van der Waals surface area (Å²) in [4.78, 5) is 78.1. The fourth-order valence-corrected chi connectivity index (χ4v) is 8.39. The van der Waals surface area contributed by atoms with Crippen LogP contribution in [0.4, 0.5) is 11.4 Å². The van der Waals surface area contributed by atoms with E-state index in [9.17, 15) is 28.8 Å². The minimum atomic E-state index is -0.876. The molecule has 12 nitrogen and oxygen atoms in total. The Morgan fingerprint density at radius 1 is 0.705 bits per heavy atom. The first-order valence-electron chi connectivity index (χ1n) is 13.2. The molecule has 2 unspecified atom stereocenters. The number of rotatable bonds is 13. The topological polar surface area (TPSA) is 179 Å². The fraction of sp³-hybridized carbons (Fsp3) is 0.357. The van der Waals surface area contributed by atoms with E-state index in [0.717, 1.165) is 43.1 Å². The van der Waals surface area contributed by atoms with Crippen LogP contribution in [0, 0.1) is 0 Å². The van der Waals surface area contributed by atoms with Gasteiger partial charge in [-0.05, 0) is 48.5 Å². The molecule has 4 amide bonds. The van der Waals surface area contributed by atoms with Crippen molar-refractivity contribution >= 4 is 92.1 Å². The molecule has 44 heavy (non-hydrogen) atoms. The van der Waals surface area contributed by atoms with Gasteiger partial charge in [-0.3, -0.25) is 28.8 Å². The van der Waals surface area contributed by atoms with Crippen LogP contribution in [0.5, 0.6) is 0 Å². The van der Waals surface area contributed by atoms with E-state index in [1.54, 1.807) is 48.5 Å². The van der Waals surface area contributed by atoms with Crippen LogP contribution in [0.15, 0.2) is 58.3 Å². The minimum absolute atomic E-state index is 0.0252. The molecule has 4 atom stereocenters. The number of hydrogen-bond acceptors (Lipinski definition) is 14. The van der Waals surface area contributed by atoms with E-state index in [-0.39, 0.29) is 48.0 Å². The highest BCUT2D eigenvalue weighted by Crippen LogP contribution is 2.40. The number of benzene rings is 2. The van der Waals surface area contributed by atoms with Gasteiger partial charge < -0.3 is 20.9 Å². The lowest BCUT2D eigenvalue weighted by atomic mass is 10.3. The summed E-state index contributed by atoms with van der Waals surface area (Å²) in [6, 6.07) is 12.3. The minimum Gasteiger partial charge on any atom is -0.468 e. The molecule has 0 aromatic heterocycles. The number of methoxy groups -OCH3 is 2. The molecule has 2 aromatic carbocycles. The van der Waals surface area contributed by atoms with E-state index >= 15 is 0 Å². The van der Waals surface area contributed by atoms with Gasteiger partial charge in [0.05, 0.1) is 36.1 Å². The quantitative estimate of drug-likeness (QED) is 0.179. The molecule has 2 fully saturated rings. The first-order valence-corrected chi connectivity index (χ1v) is 17.5. The van der Waals surface area contributed by atoms with Gasteiger partial charge in [-0.1, -0.05) is 21.6 Å². The third-order valence-corrected chi connectivity index (χ3v) is 11.7. The van der Waals surface area contributed by atoms with Crippen molar-refractivity contribution in [3.8, 4) is 0 Å². The van der Waals surface area contributed by atoms with E-state index in [2.05, 4.69) is 9.47 Å². The van der Waals surface area contributed by atoms with Crippen molar-refractivity contribution in [2.75, 3.05) is 35.5 Å². The third kappa shape index (κ3) is 7.97. The van der Waals surface area contributed by atoms with Crippen molar-refractivity contribution in [2.45, 2.75) is 45.2 Å². The van der Waals surface area contributed by atoms with E-state index < -0.39 is 34.5 Å². The van der Waals surface area contributed by atoms with Gasteiger partial charge in [0.2, 0.25) is 23.6 Å². The molecule has 16 heteroatoms. The predicted molar refractivity (Wildman–Crippen MR) is 171 cm³/mol. The number of thioether (sulfide) groups is 2. The molecular weight excluding hydrogens is 649 g/mol. The molecule has 2 aliphatic heterocycles. The van der Waals surface area contributed by atoms with Crippen LogP contribution in [0.3, 0.4) is 0 Å². The van der Waals surface area contributed by atoms with Gasteiger partial charge in [0, 0.05) is 34.1 Å². The second-order valence-electron chi connectivity index (χ2n) is 9.60. The Labute approximate surface area is 270 Å². The van der Waals surface area contributed by atoms with Gasteiger partial charge in [0.15, 0.2) is 0 Å². The highest BCUT2D eigenvalue weighted by molar-refractivity contribution is 8.76. The zero-order chi connectivity index (χ0) is 32.0. The normalized spacial score (nSPS) is 19.8. The number of amides is 4. The number of esters is 2. The van der Waals surface area contributed by atoms with Crippen molar-refractivity contribution in [1.82, 2.24) is 0 Å². The first kappa shape index (κ1) is 33.9. The Bertz CT molecular complexity index is 1320. The van der Waals surface area contributed by atoms with Crippen LogP contribution in [-0.2, 0) is 38.2 Å². The predicted octanol–water partition coefficient (Wildman–Crippen LogP) is 2.22. The SMILES string of the molecule is COC(=O)[C@@H](N)CSC1CC(=O)N(c2ccc(SSc3ccc(N4C(=O)CC(SC[C@H](N)C(=O)OC)C4=O)cc3)cc2)C1=O. The largest absolute Gasteiger partial charge is 0.468 e. The maximum absolute atomic E-state index is 12.9. The zero-order valence-corrected chi connectivity index (χ0v) is 27.0. The van der Waals surface area contributed by atoms with Crippen LogP contribution in [0.2, 0.25) is 0 Å². The average molecular weight is 679 g/mol.